The van der Waals surface area contributed by atoms with Gasteiger partial charge in [-0.15, -0.1) is 0 Å². The molecule has 0 saturated carbocycles. The van der Waals surface area contributed by atoms with Gasteiger partial charge in [0.1, 0.15) is 6.10 Å². The van der Waals surface area contributed by atoms with Gasteiger partial charge in [-0.1, -0.05) is 29.8 Å². The lowest BCUT2D eigenvalue weighted by Crippen LogP contribution is -2.31. The van der Waals surface area contributed by atoms with E-state index in [9.17, 15) is 54.2 Å². The topological polar surface area (TPSA) is 66.8 Å². The van der Waals surface area contributed by atoms with Crippen LogP contribution >= 0.6 is 11.6 Å². The summed E-state index contributed by atoms with van der Waals surface area (Å²) in [4.78, 5) is 25.3. The van der Waals surface area contributed by atoms with Gasteiger partial charge in [0.25, 0.3) is 0 Å². The highest BCUT2D eigenvalue weighted by Gasteiger charge is 2.43. The number of hydrogen-bond acceptors (Lipinski definition) is 3. The van der Waals surface area contributed by atoms with Crippen LogP contribution in [0.3, 0.4) is 0 Å². The predicted molar refractivity (Wildman–Crippen MR) is 160 cm³/mol. The van der Waals surface area contributed by atoms with Crippen LogP contribution in [-0.4, -0.2) is 28.1 Å². The maximum atomic E-state index is 13.9. The van der Waals surface area contributed by atoms with E-state index < -0.39 is 71.5 Å². The summed E-state index contributed by atoms with van der Waals surface area (Å²) in [6.45, 7) is 2.22. The molecule has 2 atom stereocenters. The number of ether oxygens (including phenoxy) is 1. The molecule has 5 nitrogen and oxygen atoms in total. The van der Waals surface area contributed by atoms with Crippen LogP contribution in [0, 0.1) is 6.92 Å². The molecule has 0 aromatic heterocycles. The Morgan fingerprint density at radius 3 is 1.92 bits per heavy atom. The van der Waals surface area contributed by atoms with Gasteiger partial charge in [0.05, 0.1) is 28.3 Å². The summed E-state index contributed by atoms with van der Waals surface area (Å²) in [5.74, 6) is -1.15. The van der Waals surface area contributed by atoms with Crippen molar-refractivity contribution in [2.75, 3.05) is 0 Å². The van der Waals surface area contributed by atoms with Crippen molar-refractivity contribution in [3.05, 3.63) is 117 Å². The molecule has 0 bridgehead atoms. The van der Waals surface area contributed by atoms with Crippen LogP contribution in [0.2, 0.25) is 5.02 Å². The predicted octanol–water partition coefficient (Wildman–Crippen LogP) is 10.8. The van der Waals surface area contributed by atoms with Gasteiger partial charge in [0, 0.05) is 22.7 Å². The molecule has 0 radical (unpaired) electrons. The molecule has 0 aliphatic carbocycles. The number of benzene rings is 4. The van der Waals surface area contributed by atoms with E-state index in [2.05, 4.69) is 0 Å². The Balaban J connectivity index is 1.59. The number of aryl methyl sites for hydroxylation is 1. The van der Waals surface area contributed by atoms with E-state index in [4.69, 9.17) is 16.3 Å². The third-order valence-corrected chi connectivity index (χ3v) is 8.45. The summed E-state index contributed by atoms with van der Waals surface area (Å²) in [5.41, 5.74) is -3.01. The Hall–Kier alpha value is -4.72. The van der Waals surface area contributed by atoms with Gasteiger partial charge in [-0.25, -0.2) is 9.59 Å². The van der Waals surface area contributed by atoms with Crippen molar-refractivity contribution < 1.29 is 58.9 Å². The lowest BCUT2D eigenvalue weighted by Gasteiger charge is -2.24. The molecule has 1 aliphatic rings. The molecule has 5 rings (SSSR count). The van der Waals surface area contributed by atoms with Crippen LogP contribution in [0.1, 0.15) is 56.8 Å². The number of halogens is 10. The Morgan fingerprint density at radius 1 is 0.776 bits per heavy atom. The zero-order chi connectivity index (χ0) is 36.2. The molecule has 15 heteroatoms. The molecule has 2 unspecified atom stereocenters. The van der Waals surface area contributed by atoms with E-state index in [1.807, 2.05) is 0 Å². The van der Waals surface area contributed by atoms with Gasteiger partial charge in [0.15, 0.2) is 0 Å². The van der Waals surface area contributed by atoms with Gasteiger partial charge < -0.3 is 9.84 Å². The van der Waals surface area contributed by atoms with Crippen molar-refractivity contribution in [1.29, 1.82) is 0 Å². The molecular weight excluding hydrogens is 693 g/mol. The molecule has 0 spiro atoms. The minimum Gasteiger partial charge on any atom is -0.478 e. The fourth-order valence-electron chi connectivity index (χ4n) is 5.68. The van der Waals surface area contributed by atoms with Crippen LogP contribution in [0.4, 0.5) is 44.3 Å². The van der Waals surface area contributed by atoms with Gasteiger partial charge in [-0.05, 0) is 96.3 Å². The van der Waals surface area contributed by atoms with Gasteiger partial charge in [-0.3, -0.25) is 4.90 Å². The molecule has 1 fully saturated rings. The number of amides is 1. The Morgan fingerprint density at radius 2 is 1.37 bits per heavy atom. The van der Waals surface area contributed by atoms with Crippen LogP contribution in [0.5, 0.6) is 0 Å². The smallest absolute Gasteiger partial charge is 0.416 e. The first-order chi connectivity index (χ1) is 22.6. The third kappa shape index (κ3) is 7.33. The molecule has 1 amide bonds. The largest absolute Gasteiger partial charge is 0.478 e. The molecule has 1 heterocycles. The molecule has 4 aromatic rings. The summed E-state index contributed by atoms with van der Waals surface area (Å²) in [7, 11) is 0. The SMILES string of the molecule is Cc1cc(C(=O)O)ccc1-c1ccc(Cl)c(-c2ccc(C(F)(F)F)cc2C2OC(=O)N(Cc3cc(C(F)(F)F)cc(C(F)(F)F)c3)C2C)c1. The van der Waals surface area contributed by atoms with Gasteiger partial charge in [0.2, 0.25) is 0 Å². The van der Waals surface area contributed by atoms with Gasteiger partial charge >= 0.3 is 30.6 Å². The monoisotopic (exact) mass is 715 g/mol. The molecule has 1 saturated heterocycles. The van der Waals surface area contributed by atoms with E-state index in [1.165, 1.54) is 25.1 Å². The zero-order valence-electron chi connectivity index (χ0n) is 25.2. The fraction of sp³-hybridized carbons (Fsp3) is 0.235. The number of hydrogen-bond donors (Lipinski definition) is 1. The second kappa shape index (κ2) is 12.6. The zero-order valence-corrected chi connectivity index (χ0v) is 25.9. The highest BCUT2D eigenvalue weighted by Crippen LogP contribution is 2.45. The van der Waals surface area contributed by atoms with Crippen LogP contribution < -0.4 is 0 Å². The van der Waals surface area contributed by atoms with Crippen molar-refractivity contribution in [3.63, 3.8) is 0 Å². The summed E-state index contributed by atoms with van der Waals surface area (Å²) < 4.78 is 128. The van der Waals surface area contributed by atoms with E-state index in [1.54, 1.807) is 25.1 Å². The molecule has 4 aromatic carbocycles. The normalized spacial score (nSPS) is 17.0. The van der Waals surface area contributed by atoms with Crippen molar-refractivity contribution >= 4 is 23.7 Å². The first-order valence-corrected chi connectivity index (χ1v) is 14.6. The molecule has 1 N–H and O–H groups in total. The maximum absolute atomic E-state index is 13.9. The first kappa shape index (κ1) is 35.6. The molecular formula is C34H23ClF9NO4. The van der Waals surface area contributed by atoms with Crippen LogP contribution in [-0.2, 0) is 29.8 Å². The van der Waals surface area contributed by atoms with E-state index in [0.29, 0.717) is 28.8 Å². The molecule has 258 valence electrons. The highest BCUT2D eigenvalue weighted by atomic mass is 35.5. The minimum atomic E-state index is -5.15. The van der Waals surface area contributed by atoms with Crippen molar-refractivity contribution in [1.82, 2.24) is 4.90 Å². The third-order valence-electron chi connectivity index (χ3n) is 8.12. The number of carboxylic acid groups (broad SMARTS) is 1. The lowest BCUT2D eigenvalue weighted by molar-refractivity contribution is -0.143. The Labute approximate surface area is 277 Å². The van der Waals surface area contributed by atoms with Crippen LogP contribution in [0.15, 0.2) is 72.8 Å². The quantitative estimate of drug-likeness (QED) is 0.202. The molecule has 1 aliphatic heterocycles. The maximum Gasteiger partial charge on any atom is 0.416 e. The number of carbonyl (C=O) groups excluding carboxylic acids is 1. The average Bonchev–Trinajstić information content (AvgIpc) is 3.28. The average molecular weight is 716 g/mol. The molecule has 49 heavy (non-hydrogen) atoms. The standard InChI is InChI=1S/C34H23ClF9NO4/c1-16-9-20(30(46)47)3-6-24(16)19-4-8-28(35)26(12-19)25-7-5-21(32(36,37)38)14-27(25)29-17(2)45(31(48)49-29)15-18-10-22(33(39,40)41)13-23(11-18)34(42,43)44/h3-14,17,29H,15H2,1-2H3,(H,46,47). The van der Waals surface area contributed by atoms with Crippen molar-refractivity contribution in [3.8, 4) is 22.3 Å². The highest BCUT2D eigenvalue weighted by molar-refractivity contribution is 6.33. The number of aromatic carboxylic acids is 1. The van der Waals surface area contributed by atoms with Crippen molar-refractivity contribution in [2.24, 2.45) is 0 Å². The summed E-state index contributed by atoms with van der Waals surface area (Å²) >= 11 is 6.54. The number of nitrogens with zero attached hydrogens (tertiary/aromatic N) is 1. The Kier molecular flexibility index (Phi) is 9.17. The lowest BCUT2D eigenvalue weighted by atomic mass is 9.89. The van der Waals surface area contributed by atoms with E-state index >= 15 is 0 Å². The van der Waals surface area contributed by atoms with Crippen molar-refractivity contribution in [2.45, 2.75) is 51.1 Å². The number of cyclic esters (lactones) is 1. The second-order valence-corrected chi connectivity index (χ2v) is 11.8. The van der Waals surface area contributed by atoms with E-state index in [0.717, 1.165) is 23.1 Å². The second-order valence-electron chi connectivity index (χ2n) is 11.4. The number of rotatable bonds is 6. The van der Waals surface area contributed by atoms with E-state index in [-0.39, 0.29) is 33.3 Å². The first-order valence-electron chi connectivity index (χ1n) is 14.3. The van der Waals surface area contributed by atoms with Gasteiger partial charge in [-0.2, -0.15) is 39.5 Å². The van der Waals surface area contributed by atoms with Crippen LogP contribution in [0.25, 0.3) is 22.3 Å². The summed E-state index contributed by atoms with van der Waals surface area (Å²) in [6.07, 6.45) is -17.8. The number of carbonyl (C=O) groups is 2. The minimum absolute atomic E-state index is 0.0295. The fourth-order valence-corrected chi connectivity index (χ4v) is 5.90. The Bertz CT molecular complexity index is 1920. The summed E-state index contributed by atoms with van der Waals surface area (Å²) in [6, 6.07) is 11.3. The number of carboxylic acids is 1. The summed E-state index contributed by atoms with van der Waals surface area (Å²) in [5, 5.41) is 9.40. The number of alkyl halides is 9.